The third-order valence-electron chi connectivity index (χ3n) is 2.42. The molecule has 0 aliphatic carbocycles. The number of Topliss-reactive ketones (excluding diaryl/α,β-unsaturated/α-hetero) is 1. The molecule has 0 spiro atoms. The summed E-state index contributed by atoms with van der Waals surface area (Å²) in [7, 11) is 0. The van der Waals surface area contributed by atoms with E-state index in [9.17, 15) is 4.79 Å². The summed E-state index contributed by atoms with van der Waals surface area (Å²) in [5.41, 5.74) is 1.22. The number of carbonyl (C=O) groups excluding carboxylic acids is 1. The lowest BCUT2D eigenvalue weighted by atomic mass is 9.97. The van der Waals surface area contributed by atoms with Gasteiger partial charge in [-0.2, -0.15) is 0 Å². The number of carbonyl (C=O) groups is 1. The van der Waals surface area contributed by atoms with Gasteiger partial charge in [-0.25, -0.2) is 0 Å². The van der Waals surface area contributed by atoms with Crippen molar-refractivity contribution in [2.75, 3.05) is 6.61 Å². The summed E-state index contributed by atoms with van der Waals surface area (Å²) >= 11 is 0. The molecule has 2 heteroatoms. The number of ketones is 1. The van der Waals surface area contributed by atoms with Crippen LogP contribution in [0.15, 0.2) is 30.3 Å². The van der Waals surface area contributed by atoms with Gasteiger partial charge in [-0.3, -0.25) is 4.79 Å². The Morgan fingerprint density at radius 1 is 1.36 bits per heavy atom. The first-order valence-electron chi connectivity index (χ1n) is 4.89. The molecule has 76 valence electrons. The number of aliphatic hydroxyl groups is 1. The number of hydrogen-bond donors (Lipinski definition) is 1. The van der Waals surface area contributed by atoms with Crippen LogP contribution in [0.4, 0.5) is 0 Å². The van der Waals surface area contributed by atoms with Crippen LogP contribution in [0.2, 0.25) is 0 Å². The number of benzene rings is 1. The van der Waals surface area contributed by atoms with Crippen molar-refractivity contribution in [3.8, 4) is 0 Å². The maximum absolute atomic E-state index is 11.0. The van der Waals surface area contributed by atoms with Gasteiger partial charge in [0.2, 0.25) is 0 Å². The molecule has 1 aromatic carbocycles. The van der Waals surface area contributed by atoms with Gasteiger partial charge < -0.3 is 5.11 Å². The molecule has 0 amide bonds. The molecule has 0 bridgehead atoms. The van der Waals surface area contributed by atoms with E-state index in [4.69, 9.17) is 5.11 Å². The highest BCUT2D eigenvalue weighted by Gasteiger charge is 2.12. The maximum atomic E-state index is 11.0. The average Bonchev–Trinajstić information content (AvgIpc) is 2.20. The van der Waals surface area contributed by atoms with Crippen LogP contribution in [0.3, 0.4) is 0 Å². The molecule has 0 aliphatic rings. The molecule has 1 aromatic rings. The molecule has 0 fully saturated rings. The summed E-state index contributed by atoms with van der Waals surface area (Å²) in [6, 6.07) is 10.0. The van der Waals surface area contributed by atoms with Gasteiger partial charge in [0.15, 0.2) is 0 Å². The van der Waals surface area contributed by atoms with Crippen LogP contribution in [-0.4, -0.2) is 17.5 Å². The molecule has 14 heavy (non-hydrogen) atoms. The molecule has 1 N–H and O–H groups in total. The van der Waals surface area contributed by atoms with E-state index in [1.165, 1.54) is 12.5 Å². The average molecular weight is 192 g/mol. The molecule has 0 radical (unpaired) electrons. The van der Waals surface area contributed by atoms with Crippen LogP contribution in [0.1, 0.15) is 18.9 Å². The fourth-order valence-electron chi connectivity index (χ4n) is 1.41. The molecule has 1 atom stereocenters. The Hall–Kier alpha value is -1.15. The maximum Gasteiger partial charge on any atom is 0.135 e. The molecule has 1 rings (SSSR count). The Kier molecular flexibility index (Phi) is 4.33. The summed E-state index contributed by atoms with van der Waals surface area (Å²) in [4.78, 5) is 11.0. The highest BCUT2D eigenvalue weighted by Crippen LogP contribution is 2.10. The molecule has 0 saturated heterocycles. The van der Waals surface area contributed by atoms with E-state index in [1.807, 2.05) is 30.3 Å². The first-order chi connectivity index (χ1) is 6.74. The van der Waals surface area contributed by atoms with Gasteiger partial charge in [-0.15, -0.1) is 0 Å². The summed E-state index contributed by atoms with van der Waals surface area (Å²) in [6.07, 6.45) is 1.58. The molecule has 0 heterocycles. The highest BCUT2D eigenvalue weighted by molar-refractivity contribution is 5.78. The number of aryl methyl sites for hydroxylation is 1. The van der Waals surface area contributed by atoms with Gasteiger partial charge in [-0.05, 0) is 25.3 Å². The van der Waals surface area contributed by atoms with Gasteiger partial charge in [0.05, 0.1) is 6.61 Å². The van der Waals surface area contributed by atoms with E-state index in [-0.39, 0.29) is 18.3 Å². The molecule has 1 unspecified atom stereocenters. The second-order valence-corrected chi connectivity index (χ2v) is 3.51. The zero-order chi connectivity index (χ0) is 10.4. The first kappa shape index (κ1) is 10.9. The second kappa shape index (κ2) is 5.55. The Morgan fingerprint density at radius 3 is 2.50 bits per heavy atom. The van der Waals surface area contributed by atoms with Crippen LogP contribution in [0, 0.1) is 5.92 Å². The van der Waals surface area contributed by atoms with E-state index in [0.717, 1.165) is 12.8 Å². The number of hydrogen-bond acceptors (Lipinski definition) is 2. The van der Waals surface area contributed by atoms with Crippen molar-refractivity contribution in [3.05, 3.63) is 35.9 Å². The van der Waals surface area contributed by atoms with Crippen LogP contribution < -0.4 is 0 Å². The van der Waals surface area contributed by atoms with Crippen molar-refractivity contribution in [3.63, 3.8) is 0 Å². The van der Waals surface area contributed by atoms with Crippen molar-refractivity contribution < 1.29 is 9.90 Å². The Balaban J connectivity index is 2.44. The number of aliphatic hydroxyl groups excluding tert-OH is 1. The zero-order valence-corrected chi connectivity index (χ0v) is 8.44. The van der Waals surface area contributed by atoms with Crippen molar-refractivity contribution in [1.82, 2.24) is 0 Å². The second-order valence-electron chi connectivity index (χ2n) is 3.51. The summed E-state index contributed by atoms with van der Waals surface area (Å²) in [6.45, 7) is 1.49. The lowest BCUT2D eigenvalue weighted by molar-refractivity contribution is -0.122. The van der Waals surface area contributed by atoms with Crippen LogP contribution in [-0.2, 0) is 11.2 Å². The third-order valence-corrected chi connectivity index (χ3v) is 2.42. The highest BCUT2D eigenvalue weighted by atomic mass is 16.3. The van der Waals surface area contributed by atoms with E-state index in [1.54, 1.807) is 0 Å². The topological polar surface area (TPSA) is 37.3 Å². The molecule has 0 aliphatic heterocycles. The normalized spacial score (nSPS) is 12.4. The van der Waals surface area contributed by atoms with Crippen LogP contribution >= 0.6 is 0 Å². The minimum absolute atomic E-state index is 0.0395. The fraction of sp³-hybridized carbons (Fsp3) is 0.417. The van der Waals surface area contributed by atoms with Gasteiger partial charge in [0.1, 0.15) is 5.78 Å². The standard InChI is InChI=1S/C12H16O2/c1-10(14)12(9-13)8-7-11-5-3-2-4-6-11/h2-6,12-13H,7-9H2,1H3. The van der Waals surface area contributed by atoms with Gasteiger partial charge in [0, 0.05) is 5.92 Å². The SMILES string of the molecule is CC(=O)C(CO)CCc1ccccc1. The van der Waals surface area contributed by atoms with Crippen molar-refractivity contribution in [2.45, 2.75) is 19.8 Å². The third kappa shape index (κ3) is 3.30. The minimum Gasteiger partial charge on any atom is -0.396 e. The monoisotopic (exact) mass is 192 g/mol. The van der Waals surface area contributed by atoms with E-state index < -0.39 is 0 Å². The van der Waals surface area contributed by atoms with E-state index in [0.29, 0.717) is 0 Å². The largest absolute Gasteiger partial charge is 0.396 e. The molecule has 0 saturated carbocycles. The van der Waals surface area contributed by atoms with Gasteiger partial charge >= 0.3 is 0 Å². The van der Waals surface area contributed by atoms with Crippen molar-refractivity contribution in [1.29, 1.82) is 0 Å². The van der Waals surface area contributed by atoms with Crippen molar-refractivity contribution in [2.24, 2.45) is 5.92 Å². The van der Waals surface area contributed by atoms with Crippen LogP contribution in [0.5, 0.6) is 0 Å². The molecule has 2 nitrogen and oxygen atoms in total. The number of rotatable bonds is 5. The minimum atomic E-state index is -0.199. The predicted octanol–water partition coefficient (Wildman–Crippen LogP) is 1.82. The van der Waals surface area contributed by atoms with Crippen LogP contribution in [0.25, 0.3) is 0 Å². The summed E-state index contributed by atoms with van der Waals surface area (Å²) in [5, 5.41) is 8.95. The Bertz CT molecular complexity index is 280. The van der Waals surface area contributed by atoms with Gasteiger partial charge in [0.25, 0.3) is 0 Å². The Morgan fingerprint density at radius 2 is 2.00 bits per heavy atom. The van der Waals surface area contributed by atoms with Gasteiger partial charge in [-0.1, -0.05) is 30.3 Å². The predicted molar refractivity (Wildman–Crippen MR) is 56.0 cm³/mol. The van der Waals surface area contributed by atoms with E-state index >= 15 is 0 Å². The molecule has 0 aromatic heterocycles. The first-order valence-corrected chi connectivity index (χ1v) is 4.89. The quantitative estimate of drug-likeness (QED) is 0.772. The van der Waals surface area contributed by atoms with E-state index in [2.05, 4.69) is 0 Å². The summed E-state index contributed by atoms with van der Waals surface area (Å²) < 4.78 is 0. The smallest absolute Gasteiger partial charge is 0.135 e. The zero-order valence-electron chi connectivity index (χ0n) is 8.44. The lowest BCUT2D eigenvalue weighted by Gasteiger charge is -2.09. The Labute approximate surface area is 84.6 Å². The van der Waals surface area contributed by atoms with Crippen molar-refractivity contribution >= 4 is 5.78 Å². The molecular weight excluding hydrogens is 176 g/mol. The molecular formula is C12H16O2. The summed E-state index contributed by atoms with van der Waals surface area (Å²) in [5.74, 6) is -0.126. The lowest BCUT2D eigenvalue weighted by Crippen LogP contribution is -2.16. The fourth-order valence-corrected chi connectivity index (χ4v) is 1.41.